The molecule has 25 heavy (non-hydrogen) atoms. The molecule has 7 heteroatoms. The Bertz CT molecular complexity index is 842. The molecule has 2 aromatic heterocycles. The van der Waals surface area contributed by atoms with E-state index in [0.29, 0.717) is 17.5 Å². The Morgan fingerprint density at radius 2 is 2.04 bits per heavy atom. The smallest absolute Gasteiger partial charge is 0.230 e. The summed E-state index contributed by atoms with van der Waals surface area (Å²) < 4.78 is 7.18. The zero-order valence-electron chi connectivity index (χ0n) is 14.2. The van der Waals surface area contributed by atoms with Crippen LogP contribution in [0.25, 0.3) is 11.4 Å². The molecule has 0 aliphatic heterocycles. The summed E-state index contributed by atoms with van der Waals surface area (Å²) >= 11 is 1.37. The largest absolute Gasteiger partial charge is 0.469 e. The average molecular weight is 356 g/mol. The van der Waals surface area contributed by atoms with Gasteiger partial charge < -0.3 is 14.3 Å². The van der Waals surface area contributed by atoms with Gasteiger partial charge in [-0.3, -0.25) is 4.79 Å². The van der Waals surface area contributed by atoms with E-state index in [-0.39, 0.29) is 5.91 Å². The number of nitrogens with zero attached hydrogens (tertiary/aromatic N) is 3. The van der Waals surface area contributed by atoms with Crippen LogP contribution >= 0.6 is 11.8 Å². The summed E-state index contributed by atoms with van der Waals surface area (Å²) in [6, 6.07) is 12.0. The number of aromatic nitrogens is 3. The minimum absolute atomic E-state index is 0.00928. The number of carbonyl (C=O) groups excluding carboxylic acids is 1. The summed E-state index contributed by atoms with van der Waals surface area (Å²) in [7, 11) is 1.89. The Balaban J connectivity index is 1.49. The van der Waals surface area contributed by atoms with Gasteiger partial charge in [0.1, 0.15) is 5.76 Å². The molecule has 0 saturated carbocycles. The molecule has 6 nitrogen and oxygen atoms in total. The molecule has 1 N–H and O–H groups in total. The fraction of sp³-hybridized carbons (Fsp3) is 0.278. The topological polar surface area (TPSA) is 72.9 Å². The summed E-state index contributed by atoms with van der Waals surface area (Å²) in [6.07, 6.45) is 2.46. The monoisotopic (exact) mass is 356 g/mol. The fourth-order valence-electron chi connectivity index (χ4n) is 2.46. The van der Waals surface area contributed by atoms with E-state index in [1.54, 1.807) is 6.26 Å². The van der Waals surface area contributed by atoms with Crippen LogP contribution < -0.4 is 5.32 Å². The Morgan fingerprint density at radius 1 is 1.24 bits per heavy atom. The Labute approximate surface area is 150 Å². The van der Waals surface area contributed by atoms with Crippen LogP contribution in [0.5, 0.6) is 0 Å². The second-order valence-corrected chi connectivity index (χ2v) is 6.57. The Kier molecular flexibility index (Phi) is 5.55. The van der Waals surface area contributed by atoms with Crippen molar-refractivity contribution in [1.82, 2.24) is 20.1 Å². The third kappa shape index (κ3) is 4.30. The average Bonchev–Trinajstić information content (AvgIpc) is 3.19. The molecule has 1 aromatic carbocycles. The normalized spacial score (nSPS) is 10.8. The SMILES string of the molecule is Cc1occc1-c1nnc(SCC(=O)NCCc2ccccc2)n1C. The maximum absolute atomic E-state index is 12.0. The highest BCUT2D eigenvalue weighted by atomic mass is 32.2. The minimum Gasteiger partial charge on any atom is -0.469 e. The van der Waals surface area contributed by atoms with Crippen molar-refractivity contribution in [2.45, 2.75) is 18.5 Å². The van der Waals surface area contributed by atoms with Crippen molar-refractivity contribution in [1.29, 1.82) is 0 Å². The summed E-state index contributed by atoms with van der Waals surface area (Å²) in [5, 5.41) is 12.0. The van der Waals surface area contributed by atoms with Crippen LogP contribution in [-0.2, 0) is 18.3 Å². The molecule has 2 heterocycles. The van der Waals surface area contributed by atoms with Gasteiger partial charge in [0.05, 0.1) is 17.6 Å². The van der Waals surface area contributed by atoms with Gasteiger partial charge in [-0.2, -0.15) is 0 Å². The third-order valence-electron chi connectivity index (χ3n) is 3.85. The number of rotatable bonds is 7. The van der Waals surface area contributed by atoms with Gasteiger partial charge in [-0.15, -0.1) is 10.2 Å². The van der Waals surface area contributed by atoms with E-state index in [4.69, 9.17) is 4.42 Å². The van der Waals surface area contributed by atoms with E-state index >= 15 is 0 Å². The fourth-order valence-corrected chi connectivity index (χ4v) is 3.21. The lowest BCUT2D eigenvalue weighted by Crippen LogP contribution is -2.27. The second kappa shape index (κ2) is 8.02. The molecule has 0 fully saturated rings. The van der Waals surface area contributed by atoms with E-state index in [9.17, 15) is 4.79 Å². The van der Waals surface area contributed by atoms with Crippen LogP contribution in [0.2, 0.25) is 0 Å². The maximum atomic E-state index is 12.0. The van der Waals surface area contributed by atoms with Gasteiger partial charge in [-0.25, -0.2) is 0 Å². The van der Waals surface area contributed by atoms with Crippen LogP contribution in [0, 0.1) is 6.92 Å². The van der Waals surface area contributed by atoms with Crippen molar-refractivity contribution in [2.75, 3.05) is 12.3 Å². The highest BCUT2D eigenvalue weighted by molar-refractivity contribution is 7.99. The number of hydrogen-bond donors (Lipinski definition) is 1. The number of benzene rings is 1. The molecule has 0 radical (unpaired) electrons. The van der Waals surface area contributed by atoms with Gasteiger partial charge >= 0.3 is 0 Å². The number of aryl methyl sites for hydroxylation is 1. The highest BCUT2D eigenvalue weighted by Gasteiger charge is 2.15. The molecule has 0 aliphatic carbocycles. The van der Waals surface area contributed by atoms with Crippen molar-refractivity contribution in [3.05, 3.63) is 54.0 Å². The molecular formula is C18H20N4O2S. The lowest BCUT2D eigenvalue weighted by molar-refractivity contribution is -0.118. The molecule has 130 valence electrons. The highest BCUT2D eigenvalue weighted by Crippen LogP contribution is 2.25. The summed E-state index contributed by atoms with van der Waals surface area (Å²) in [5.41, 5.74) is 2.12. The van der Waals surface area contributed by atoms with Crippen molar-refractivity contribution in [3.63, 3.8) is 0 Å². The molecule has 0 aliphatic rings. The van der Waals surface area contributed by atoms with Crippen LogP contribution in [0.1, 0.15) is 11.3 Å². The molecule has 3 aromatic rings. The quantitative estimate of drug-likeness (QED) is 0.659. The van der Waals surface area contributed by atoms with Crippen molar-refractivity contribution in [2.24, 2.45) is 7.05 Å². The van der Waals surface area contributed by atoms with Crippen molar-refractivity contribution < 1.29 is 9.21 Å². The van der Waals surface area contributed by atoms with Gasteiger partial charge in [0.25, 0.3) is 0 Å². The van der Waals surface area contributed by atoms with Gasteiger partial charge in [0, 0.05) is 13.6 Å². The molecule has 1 amide bonds. The van der Waals surface area contributed by atoms with Crippen LogP contribution in [0.4, 0.5) is 0 Å². The van der Waals surface area contributed by atoms with Crippen molar-refractivity contribution in [3.8, 4) is 11.4 Å². The van der Waals surface area contributed by atoms with Crippen molar-refractivity contribution >= 4 is 17.7 Å². The first kappa shape index (κ1) is 17.3. The number of nitrogens with one attached hydrogen (secondary N) is 1. The molecule has 0 bridgehead atoms. The molecular weight excluding hydrogens is 336 g/mol. The van der Waals surface area contributed by atoms with E-state index in [1.165, 1.54) is 17.3 Å². The van der Waals surface area contributed by atoms with Gasteiger partial charge in [-0.1, -0.05) is 42.1 Å². The second-order valence-electron chi connectivity index (χ2n) is 5.63. The van der Waals surface area contributed by atoms with Crippen LogP contribution in [-0.4, -0.2) is 33.0 Å². The van der Waals surface area contributed by atoms with Crippen LogP contribution in [0.15, 0.2) is 52.2 Å². The zero-order valence-corrected chi connectivity index (χ0v) is 15.0. The number of thioether (sulfide) groups is 1. The molecule has 3 rings (SSSR count). The predicted octanol–water partition coefficient (Wildman–Crippen LogP) is 2.83. The summed E-state index contributed by atoms with van der Waals surface area (Å²) in [5.74, 6) is 1.83. The van der Waals surface area contributed by atoms with E-state index in [2.05, 4.69) is 27.6 Å². The van der Waals surface area contributed by atoms with Gasteiger partial charge in [0.2, 0.25) is 5.91 Å². The summed E-state index contributed by atoms with van der Waals surface area (Å²) in [6.45, 7) is 2.51. The van der Waals surface area contributed by atoms with Gasteiger partial charge in [0.15, 0.2) is 11.0 Å². The molecule has 0 spiro atoms. The lowest BCUT2D eigenvalue weighted by atomic mass is 10.1. The standard InChI is InChI=1S/C18H20N4O2S/c1-13-15(9-11-24-13)17-20-21-18(22(17)2)25-12-16(23)19-10-8-14-6-4-3-5-7-14/h3-7,9,11H,8,10,12H2,1-2H3,(H,19,23). The van der Waals surface area contributed by atoms with E-state index < -0.39 is 0 Å². The third-order valence-corrected chi connectivity index (χ3v) is 4.87. The molecule has 0 atom stereocenters. The van der Waals surface area contributed by atoms with E-state index in [1.807, 2.05) is 42.8 Å². The first-order valence-electron chi connectivity index (χ1n) is 8.02. The predicted molar refractivity (Wildman–Crippen MR) is 97.3 cm³/mol. The lowest BCUT2D eigenvalue weighted by Gasteiger charge is -2.05. The minimum atomic E-state index is -0.00928. The summed E-state index contributed by atoms with van der Waals surface area (Å²) in [4.78, 5) is 12.0. The van der Waals surface area contributed by atoms with E-state index in [0.717, 1.165) is 23.6 Å². The molecule has 0 unspecified atom stereocenters. The maximum Gasteiger partial charge on any atom is 0.230 e. The number of furan rings is 1. The molecule has 0 saturated heterocycles. The first-order chi connectivity index (χ1) is 12.1. The van der Waals surface area contributed by atoms with Gasteiger partial charge in [-0.05, 0) is 25.0 Å². The number of hydrogen-bond acceptors (Lipinski definition) is 5. The number of carbonyl (C=O) groups is 1. The Hall–Kier alpha value is -2.54. The first-order valence-corrected chi connectivity index (χ1v) is 9.01. The number of amides is 1. The Morgan fingerprint density at radius 3 is 2.76 bits per heavy atom. The van der Waals surface area contributed by atoms with Crippen LogP contribution in [0.3, 0.4) is 0 Å². The zero-order chi connectivity index (χ0) is 17.6.